The highest BCUT2D eigenvalue weighted by atomic mass is 16.5. The van der Waals surface area contributed by atoms with Gasteiger partial charge >= 0.3 is 0 Å². The van der Waals surface area contributed by atoms with E-state index in [2.05, 4.69) is 12.2 Å². The molecule has 0 bridgehead atoms. The van der Waals surface area contributed by atoms with Crippen molar-refractivity contribution >= 4 is 11.0 Å². The lowest BCUT2D eigenvalue weighted by Gasteiger charge is -2.07. The SMILES string of the molecule is CCCc1c(CNC2CC2)oc2cc(OC)cc(OC)c12. The summed E-state index contributed by atoms with van der Waals surface area (Å²) in [5, 5.41) is 4.62. The molecular formula is C17H23NO3. The van der Waals surface area contributed by atoms with Gasteiger partial charge in [0.05, 0.1) is 26.2 Å². The second-order valence-corrected chi connectivity index (χ2v) is 5.61. The number of aryl methyl sites for hydroxylation is 1. The molecule has 3 rings (SSSR count). The van der Waals surface area contributed by atoms with Gasteiger partial charge in [0.15, 0.2) is 0 Å². The maximum atomic E-state index is 6.09. The maximum absolute atomic E-state index is 6.09. The summed E-state index contributed by atoms with van der Waals surface area (Å²) >= 11 is 0. The molecule has 21 heavy (non-hydrogen) atoms. The van der Waals surface area contributed by atoms with E-state index in [9.17, 15) is 0 Å². The van der Waals surface area contributed by atoms with Gasteiger partial charge in [0.25, 0.3) is 0 Å². The van der Waals surface area contributed by atoms with Crippen molar-refractivity contribution in [3.05, 3.63) is 23.5 Å². The Morgan fingerprint density at radius 3 is 2.67 bits per heavy atom. The van der Waals surface area contributed by atoms with Crippen LogP contribution in [0.5, 0.6) is 11.5 Å². The molecule has 0 unspecified atom stereocenters. The fourth-order valence-electron chi connectivity index (χ4n) is 2.74. The minimum absolute atomic E-state index is 0.670. The molecule has 1 fully saturated rings. The summed E-state index contributed by atoms with van der Waals surface area (Å²) in [6.07, 6.45) is 4.64. The van der Waals surface area contributed by atoms with Gasteiger partial charge < -0.3 is 19.2 Å². The third-order valence-electron chi connectivity index (χ3n) is 4.00. The predicted molar refractivity (Wildman–Crippen MR) is 83.2 cm³/mol. The van der Waals surface area contributed by atoms with E-state index in [1.165, 1.54) is 18.4 Å². The van der Waals surface area contributed by atoms with Crippen molar-refractivity contribution in [1.29, 1.82) is 0 Å². The number of methoxy groups -OCH3 is 2. The number of nitrogens with one attached hydrogen (secondary N) is 1. The summed E-state index contributed by atoms with van der Waals surface area (Å²) in [7, 11) is 3.35. The first-order valence-corrected chi connectivity index (χ1v) is 7.66. The number of furan rings is 1. The van der Waals surface area contributed by atoms with Crippen molar-refractivity contribution < 1.29 is 13.9 Å². The zero-order chi connectivity index (χ0) is 14.8. The van der Waals surface area contributed by atoms with Crippen LogP contribution >= 0.6 is 0 Å². The first-order valence-electron chi connectivity index (χ1n) is 7.66. The molecule has 0 atom stereocenters. The van der Waals surface area contributed by atoms with Gasteiger partial charge in [-0.3, -0.25) is 0 Å². The Morgan fingerprint density at radius 2 is 2.05 bits per heavy atom. The summed E-state index contributed by atoms with van der Waals surface area (Å²) in [6, 6.07) is 4.54. The second kappa shape index (κ2) is 5.98. The van der Waals surface area contributed by atoms with Gasteiger partial charge in [-0.05, 0) is 19.3 Å². The van der Waals surface area contributed by atoms with E-state index in [4.69, 9.17) is 13.9 Å². The van der Waals surface area contributed by atoms with Gasteiger partial charge in [0, 0.05) is 23.7 Å². The van der Waals surface area contributed by atoms with Crippen LogP contribution in [0.15, 0.2) is 16.5 Å². The van der Waals surface area contributed by atoms with Crippen molar-refractivity contribution in [3.63, 3.8) is 0 Å². The number of fused-ring (bicyclic) bond motifs is 1. The highest BCUT2D eigenvalue weighted by molar-refractivity contribution is 5.90. The zero-order valence-electron chi connectivity index (χ0n) is 13.0. The van der Waals surface area contributed by atoms with Gasteiger partial charge in [-0.15, -0.1) is 0 Å². The Hall–Kier alpha value is -1.68. The first-order chi connectivity index (χ1) is 10.3. The number of hydrogen-bond acceptors (Lipinski definition) is 4. The lowest BCUT2D eigenvalue weighted by atomic mass is 10.0. The summed E-state index contributed by atoms with van der Waals surface area (Å²) in [6.45, 7) is 2.98. The summed E-state index contributed by atoms with van der Waals surface area (Å²) in [5.74, 6) is 2.62. The van der Waals surface area contributed by atoms with Gasteiger partial charge in [-0.1, -0.05) is 13.3 Å². The highest BCUT2D eigenvalue weighted by Crippen LogP contribution is 2.38. The van der Waals surface area contributed by atoms with E-state index in [1.54, 1.807) is 14.2 Å². The molecule has 1 N–H and O–H groups in total. The monoisotopic (exact) mass is 289 g/mol. The zero-order valence-corrected chi connectivity index (χ0v) is 13.0. The van der Waals surface area contributed by atoms with Crippen LogP contribution in [0.1, 0.15) is 37.5 Å². The lowest BCUT2D eigenvalue weighted by molar-refractivity contribution is 0.396. The lowest BCUT2D eigenvalue weighted by Crippen LogP contribution is -2.15. The average molecular weight is 289 g/mol. The van der Waals surface area contributed by atoms with E-state index in [-0.39, 0.29) is 0 Å². The van der Waals surface area contributed by atoms with Gasteiger partial charge in [-0.2, -0.15) is 0 Å². The molecule has 114 valence electrons. The fraction of sp³-hybridized carbons (Fsp3) is 0.529. The van der Waals surface area contributed by atoms with Crippen molar-refractivity contribution in [2.24, 2.45) is 0 Å². The van der Waals surface area contributed by atoms with E-state index in [0.717, 1.165) is 47.6 Å². The van der Waals surface area contributed by atoms with Crippen molar-refractivity contribution in [1.82, 2.24) is 5.32 Å². The molecule has 0 aliphatic heterocycles. The molecule has 4 nitrogen and oxygen atoms in total. The Bertz CT molecular complexity index is 628. The topological polar surface area (TPSA) is 43.6 Å². The van der Waals surface area contributed by atoms with Crippen molar-refractivity contribution in [2.75, 3.05) is 14.2 Å². The van der Waals surface area contributed by atoms with E-state index < -0.39 is 0 Å². The van der Waals surface area contributed by atoms with E-state index in [1.807, 2.05) is 12.1 Å². The summed E-state index contributed by atoms with van der Waals surface area (Å²) in [5.41, 5.74) is 2.11. The molecule has 1 heterocycles. The minimum atomic E-state index is 0.670. The minimum Gasteiger partial charge on any atom is -0.496 e. The molecule has 0 spiro atoms. The number of hydrogen-bond donors (Lipinski definition) is 1. The van der Waals surface area contributed by atoms with Crippen LogP contribution in [0.2, 0.25) is 0 Å². The third kappa shape index (κ3) is 2.86. The Labute approximate surface area is 125 Å². The molecule has 0 amide bonds. The molecule has 1 aliphatic carbocycles. The molecule has 0 radical (unpaired) electrons. The van der Waals surface area contributed by atoms with Gasteiger partial charge in [-0.25, -0.2) is 0 Å². The quantitative estimate of drug-likeness (QED) is 0.845. The molecule has 1 aliphatic rings. The molecule has 4 heteroatoms. The third-order valence-corrected chi connectivity index (χ3v) is 4.00. The van der Waals surface area contributed by atoms with Crippen LogP contribution in [0.25, 0.3) is 11.0 Å². The maximum Gasteiger partial charge on any atom is 0.142 e. The van der Waals surface area contributed by atoms with Crippen LogP contribution in [0.3, 0.4) is 0 Å². The number of rotatable bonds is 7. The van der Waals surface area contributed by atoms with Gasteiger partial charge in [0.2, 0.25) is 0 Å². The summed E-state index contributed by atoms with van der Waals surface area (Å²) < 4.78 is 17.0. The van der Waals surface area contributed by atoms with Crippen LogP contribution in [0, 0.1) is 0 Å². The van der Waals surface area contributed by atoms with E-state index >= 15 is 0 Å². The van der Waals surface area contributed by atoms with Crippen LogP contribution in [0.4, 0.5) is 0 Å². The molecule has 1 aromatic carbocycles. The standard InChI is InChI=1S/C17H23NO3/c1-4-5-13-16(10-18-11-6-7-11)21-15-9-12(19-2)8-14(20-3)17(13)15/h8-9,11,18H,4-7,10H2,1-3H3. The van der Waals surface area contributed by atoms with E-state index in [0.29, 0.717) is 6.04 Å². The first kappa shape index (κ1) is 14.3. The highest BCUT2D eigenvalue weighted by Gasteiger charge is 2.23. The van der Waals surface area contributed by atoms with Crippen molar-refractivity contribution in [3.8, 4) is 11.5 Å². The number of benzene rings is 1. The molecule has 2 aromatic rings. The largest absolute Gasteiger partial charge is 0.496 e. The molecule has 1 saturated carbocycles. The van der Waals surface area contributed by atoms with Crippen molar-refractivity contribution in [2.45, 2.75) is 45.2 Å². The van der Waals surface area contributed by atoms with Crippen LogP contribution in [-0.2, 0) is 13.0 Å². The molecule has 1 aromatic heterocycles. The summed E-state index contributed by atoms with van der Waals surface area (Å²) in [4.78, 5) is 0. The Morgan fingerprint density at radius 1 is 1.24 bits per heavy atom. The second-order valence-electron chi connectivity index (χ2n) is 5.61. The van der Waals surface area contributed by atoms with Crippen LogP contribution < -0.4 is 14.8 Å². The predicted octanol–water partition coefficient (Wildman–Crippen LogP) is 3.65. The Balaban J connectivity index is 2.05. The molecular weight excluding hydrogens is 266 g/mol. The normalized spacial score (nSPS) is 14.6. The van der Waals surface area contributed by atoms with Crippen LogP contribution in [-0.4, -0.2) is 20.3 Å². The Kier molecular flexibility index (Phi) is 4.06. The smallest absolute Gasteiger partial charge is 0.142 e. The molecule has 0 saturated heterocycles. The number of ether oxygens (including phenoxy) is 2. The van der Waals surface area contributed by atoms with Gasteiger partial charge in [0.1, 0.15) is 22.8 Å². The average Bonchev–Trinajstić information content (AvgIpc) is 3.27. The fourth-order valence-corrected chi connectivity index (χ4v) is 2.74.